The molecule has 0 unspecified atom stereocenters. The number of rotatable bonds is 7. The van der Waals surface area contributed by atoms with Crippen LogP contribution in [-0.4, -0.2) is 45.4 Å². The lowest BCUT2D eigenvalue weighted by molar-refractivity contribution is 0.0741. The van der Waals surface area contributed by atoms with Gasteiger partial charge in [-0.15, -0.1) is 0 Å². The number of hydrazine groups is 1. The van der Waals surface area contributed by atoms with E-state index in [0.717, 1.165) is 6.42 Å². The summed E-state index contributed by atoms with van der Waals surface area (Å²) in [7, 11) is 1.41. The van der Waals surface area contributed by atoms with Crippen LogP contribution in [0.4, 0.5) is 5.69 Å². The molecule has 11 heteroatoms. The van der Waals surface area contributed by atoms with Gasteiger partial charge in [-0.1, -0.05) is 43.7 Å². The van der Waals surface area contributed by atoms with E-state index in [9.17, 15) is 14.4 Å². The van der Waals surface area contributed by atoms with Crippen LogP contribution in [0.5, 0.6) is 6.01 Å². The van der Waals surface area contributed by atoms with Crippen molar-refractivity contribution in [1.29, 1.82) is 0 Å². The molecule has 2 aromatic heterocycles. The number of aromatic amines is 1. The number of ether oxygens (including phenoxy) is 1. The van der Waals surface area contributed by atoms with Gasteiger partial charge in [-0.05, 0) is 36.6 Å². The molecule has 1 saturated carbocycles. The van der Waals surface area contributed by atoms with Crippen LogP contribution in [0.15, 0.2) is 35.3 Å². The van der Waals surface area contributed by atoms with E-state index in [1.807, 2.05) is 0 Å². The Morgan fingerprint density at radius 2 is 2.03 bits per heavy atom. The molecule has 1 fully saturated rings. The van der Waals surface area contributed by atoms with Crippen molar-refractivity contribution < 1.29 is 14.3 Å². The number of methoxy groups -OCH3 is 1. The standard InChI is InChI=1S/C24H27ClN6O4/c1-35-24-27-13-16-11-17(22(33)29-20(16)30-24)21(32)28-19-12-15(7-8-18(19)25)23(34)31(26)10-9-14-5-3-2-4-6-14/h7-8,11-14H,2-6,9-10,26H2,1H3,(H,28,32)(H,27,29,30,33). The number of pyridine rings is 1. The summed E-state index contributed by atoms with van der Waals surface area (Å²) in [5.74, 6) is 5.56. The normalized spacial score (nSPS) is 14.0. The number of amides is 2. The average Bonchev–Trinajstić information content (AvgIpc) is 2.87. The molecule has 2 amide bonds. The molecule has 1 aromatic carbocycles. The second-order valence-corrected chi connectivity index (χ2v) is 9.02. The molecular weight excluding hydrogens is 472 g/mol. The van der Waals surface area contributed by atoms with Crippen LogP contribution in [0, 0.1) is 5.92 Å². The van der Waals surface area contributed by atoms with Crippen LogP contribution in [0.2, 0.25) is 5.02 Å². The Bertz CT molecular complexity index is 1300. The van der Waals surface area contributed by atoms with Crippen molar-refractivity contribution in [3.05, 3.63) is 57.0 Å². The first-order valence-electron chi connectivity index (χ1n) is 11.5. The van der Waals surface area contributed by atoms with Gasteiger partial charge >= 0.3 is 6.01 Å². The molecule has 0 spiro atoms. The zero-order valence-corrected chi connectivity index (χ0v) is 20.1. The second-order valence-electron chi connectivity index (χ2n) is 8.61. The fourth-order valence-corrected chi connectivity index (χ4v) is 4.42. The molecule has 4 N–H and O–H groups in total. The molecule has 0 saturated heterocycles. The zero-order valence-electron chi connectivity index (χ0n) is 19.3. The Morgan fingerprint density at radius 3 is 2.77 bits per heavy atom. The maximum atomic E-state index is 12.9. The number of halogens is 1. The maximum absolute atomic E-state index is 12.9. The molecule has 3 aromatic rings. The summed E-state index contributed by atoms with van der Waals surface area (Å²) >= 11 is 6.25. The summed E-state index contributed by atoms with van der Waals surface area (Å²) in [5, 5.41) is 4.47. The van der Waals surface area contributed by atoms with Gasteiger partial charge in [0.05, 0.1) is 17.8 Å². The third-order valence-corrected chi connectivity index (χ3v) is 6.55. The van der Waals surface area contributed by atoms with E-state index < -0.39 is 11.5 Å². The molecule has 184 valence electrons. The second kappa shape index (κ2) is 10.8. The van der Waals surface area contributed by atoms with Crippen LogP contribution in [0.3, 0.4) is 0 Å². The highest BCUT2D eigenvalue weighted by molar-refractivity contribution is 6.34. The number of hydrogen-bond donors (Lipinski definition) is 3. The summed E-state index contributed by atoms with van der Waals surface area (Å²) in [6.07, 6.45) is 8.37. The van der Waals surface area contributed by atoms with Crippen LogP contribution in [-0.2, 0) is 0 Å². The summed E-state index contributed by atoms with van der Waals surface area (Å²) in [6.45, 7) is 0.452. The largest absolute Gasteiger partial charge is 0.467 e. The lowest BCUT2D eigenvalue weighted by atomic mass is 9.87. The molecule has 0 bridgehead atoms. The van der Waals surface area contributed by atoms with Gasteiger partial charge in [0, 0.05) is 23.7 Å². The van der Waals surface area contributed by atoms with Gasteiger partial charge in [0.15, 0.2) is 0 Å². The zero-order chi connectivity index (χ0) is 24.9. The van der Waals surface area contributed by atoms with Crippen molar-refractivity contribution in [1.82, 2.24) is 20.0 Å². The third kappa shape index (κ3) is 5.77. The minimum atomic E-state index is -0.697. The fraction of sp³-hybridized carbons (Fsp3) is 0.375. The molecule has 35 heavy (non-hydrogen) atoms. The highest BCUT2D eigenvalue weighted by atomic mass is 35.5. The van der Waals surface area contributed by atoms with E-state index >= 15 is 0 Å². The number of H-pyrrole nitrogens is 1. The predicted molar refractivity (Wildman–Crippen MR) is 133 cm³/mol. The van der Waals surface area contributed by atoms with Crippen LogP contribution in [0.1, 0.15) is 59.2 Å². The Kier molecular flexibility index (Phi) is 7.62. The van der Waals surface area contributed by atoms with E-state index in [2.05, 4.69) is 20.3 Å². The maximum Gasteiger partial charge on any atom is 0.318 e. The van der Waals surface area contributed by atoms with Crippen molar-refractivity contribution in [2.45, 2.75) is 38.5 Å². The Balaban J connectivity index is 1.48. The monoisotopic (exact) mass is 498 g/mol. The van der Waals surface area contributed by atoms with Crippen LogP contribution < -0.4 is 21.5 Å². The molecule has 1 aliphatic rings. The fourth-order valence-electron chi connectivity index (χ4n) is 4.25. The van der Waals surface area contributed by atoms with E-state index in [0.29, 0.717) is 17.8 Å². The van der Waals surface area contributed by atoms with Crippen molar-refractivity contribution in [2.75, 3.05) is 19.0 Å². The Hall–Kier alpha value is -3.50. The first-order valence-corrected chi connectivity index (χ1v) is 11.8. The SMILES string of the molecule is COc1ncc2cc(C(=O)Nc3cc(C(=O)N(N)CCC4CCCCC4)ccc3Cl)c(=O)[nH]c2n1. The lowest BCUT2D eigenvalue weighted by Crippen LogP contribution is -2.39. The Labute approximate surface area is 206 Å². The molecule has 0 aliphatic heterocycles. The molecule has 0 atom stereocenters. The first-order chi connectivity index (χ1) is 16.9. The van der Waals surface area contributed by atoms with Crippen molar-refractivity contribution in [3.8, 4) is 6.01 Å². The quantitative estimate of drug-likeness (QED) is 0.257. The Morgan fingerprint density at radius 1 is 1.26 bits per heavy atom. The molecular formula is C24H27ClN6O4. The summed E-state index contributed by atoms with van der Waals surface area (Å²) in [6, 6.07) is 5.97. The van der Waals surface area contributed by atoms with Gasteiger partial charge in [-0.25, -0.2) is 10.8 Å². The van der Waals surface area contributed by atoms with E-state index in [-0.39, 0.29) is 39.4 Å². The van der Waals surface area contributed by atoms with Gasteiger partial charge < -0.3 is 15.0 Å². The van der Waals surface area contributed by atoms with E-state index in [1.54, 1.807) is 6.07 Å². The van der Waals surface area contributed by atoms with E-state index in [1.165, 1.54) is 68.6 Å². The predicted octanol–water partition coefficient (Wildman–Crippen LogP) is 3.52. The minimum Gasteiger partial charge on any atom is -0.467 e. The van der Waals surface area contributed by atoms with Gasteiger partial charge in [0.1, 0.15) is 11.2 Å². The highest BCUT2D eigenvalue weighted by Crippen LogP contribution is 2.27. The number of nitrogens with zero attached hydrogens (tertiary/aromatic N) is 3. The number of nitrogens with two attached hydrogens (primary N) is 1. The number of fused-ring (bicyclic) bond motifs is 1. The van der Waals surface area contributed by atoms with Crippen molar-refractivity contribution in [3.63, 3.8) is 0 Å². The first kappa shape index (κ1) is 24.6. The number of carbonyl (C=O) groups is 2. The van der Waals surface area contributed by atoms with Gasteiger partial charge in [-0.2, -0.15) is 4.98 Å². The number of nitrogens with one attached hydrogen (secondary N) is 2. The van der Waals surface area contributed by atoms with Crippen LogP contribution in [0.25, 0.3) is 11.0 Å². The number of hydrogen-bond acceptors (Lipinski definition) is 7. The van der Waals surface area contributed by atoms with Crippen LogP contribution >= 0.6 is 11.6 Å². The number of anilines is 1. The lowest BCUT2D eigenvalue weighted by Gasteiger charge is -2.24. The van der Waals surface area contributed by atoms with Crippen molar-refractivity contribution >= 4 is 40.1 Å². The number of benzene rings is 1. The summed E-state index contributed by atoms with van der Waals surface area (Å²) in [4.78, 5) is 48.8. The molecule has 0 radical (unpaired) electrons. The van der Waals surface area contributed by atoms with E-state index in [4.69, 9.17) is 22.2 Å². The van der Waals surface area contributed by atoms with Gasteiger partial charge in [0.2, 0.25) is 0 Å². The number of aromatic nitrogens is 3. The van der Waals surface area contributed by atoms with Gasteiger partial charge in [-0.3, -0.25) is 19.4 Å². The third-order valence-electron chi connectivity index (χ3n) is 6.22. The smallest absolute Gasteiger partial charge is 0.318 e. The molecule has 2 heterocycles. The number of carbonyl (C=O) groups excluding carboxylic acids is 2. The molecule has 10 nitrogen and oxygen atoms in total. The average molecular weight is 499 g/mol. The van der Waals surface area contributed by atoms with Gasteiger partial charge in [0.25, 0.3) is 17.4 Å². The van der Waals surface area contributed by atoms with Crippen molar-refractivity contribution in [2.24, 2.45) is 11.8 Å². The topological polar surface area (TPSA) is 143 Å². The summed E-state index contributed by atoms with van der Waals surface area (Å²) in [5.41, 5.74) is -0.0975. The summed E-state index contributed by atoms with van der Waals surface area (Å²) < 4.78 is 4.95. The molecule has 4 rings (SSSR count). The highest BCUT2D eigenvalue weighted by Gasteiger charge is 2.20. The minimum absolute atomic E-state index is 0.0892. The molecule has 1 aliphatic carbocycles.